The Hall–Kier alpha value is -3.21. The van der Waals surface area contributed by atoms with Gasteiger partial charge in [-0.05, 0) is 44.7 Å². The van der Waals surface area contributed by atoms with Crippen molar-refractivity contribution in [1.29, 1.82) is 0 Å². The van der Waals surface area contributed by atoms with Crippen LogP contribution in [0.1, 0.15) is 31.0 Å². The third-order valence-electron chi connectivity index (χ3n) is 5.78. The van der Waals surface area contributed by atoms with Crippen LogP contribution in [0.4, 0.5) is 13.2 Å². The number of primary amides is 1. The second-order valence-corrected chi connectivity index (χ2v) is 7.86. The van der Waals surface area contributed by atoms with Crippen LogP contribution in [-0.2, 0) is 11.0 Å². The number of alkyl halides is 3. The highest BCUT2D eigenvalue weighted by Crippen LogP contribution is 2.31. The highest BCUT2D eigenvalue weighted by atomic mass is 19.4. The predicted octanol–water partition coefficient (Wildman–Crippen LogP) is 2.30. The Morgan fingerprint density at radius 3 is 2.66 bits per heavy atom. The molecule has 1 saturated carbocycles. The molecule has 0 bridgehead atoms. The number of pyridine rings is 1. The summed E-state index contributed by atoms with van der Waals surface area (Å²) in [5.41, 5.74) is 5.46. The van der Waals surface area contributed by atoms with Gasteiger partial charge in [-0.25, -0.2) is 15.0 Å². The summed E-state index contributed by atoms with van der Waals surface area (Å²) in [7, 11) is 0. The van der Waals surface area contributed by atoms with E-state index in [0.717, 1.165) is 25.1 Å². The van der Waals surface area contributed by atoms with Crippen molar-refractivity contribution in [2.75, 3.05) is 19.6 Å². The SMILES string of the molecule is C=N/C(=N\C(=C/C)N1CCN(C2CC2)C(C(N)=O)C1)c1cnc2ccc(C(F)(F)F)cn12. The lowest BCUT2D eigenvalue weighted by atomic mass is 10.1. The molecule has 2 aliphatic rings. The summed E-state index contributed by atoms with van der Waals surface area (Å²) in [6.07, 6.45) is 1.78. The number of imidazole rings is 1. The number of piperazine rings is 1. The van der Waals surface area contributed by atoms with E-state index in [2.05, 4.69) is 26.6 Å². The number of halogens is 3. The van der Waals surface area contributed by atoms with Crippen LogP contribution in [0.2, 0.25) is 0 Å². The number of rotatable bonds is 5. The van der Waals surface area contributed by atoms with E-state index in [1.807, 2.05) is 4.90 Å². The highest BCUT2D eigenvalue weighted by molar-refractivity contribution is 6.01. The summed E-state index contributed by atoms with van der Waals surface area (Å²) in [5, 5.41) is 0. The van der Waals surface area contributed by atoms with Gasteiger partial charge in [-0.1, -0.05) is 0 Å². The lowest BCUT2D eigenvalue weighted by Gasteiger charge is -2.41. The average molecular weight is 447 g/mol. The molecule has 4 rings (SSSR count). The second-order valence-electron chi connectivity index (χ2n) is 7.86. The zero-order valence-electron chi connectivity index (χ0n) is 17.6. The van der Waals surface area contributed by atoms with Crippen LogP contribution >= 0.6 is 0 Å². The zero-order valence-corrected chi connectivity index (χ0v) is 17.6. The molecule has 1 atom stereocenters. The lowest BCUT2D eigenvalue weighted by molar-refractivity contribution is -0.137. The van der Waals surface area contributed by atoms with Gasteiger partial charge in [0.25, 0.3) is 0 Å². The summed E-state index contributed by atoms with van der Waals surface area (Å²) >= 11 is 0. The molecule has 8 nitrogen and oxygen atoms in total. The number of aliphatic imine (C=N–C) groups is 2. The van der Waals surface area contributed by atoms with Gasteiger partial charge in [0.05, 0.1) is 11.8 Å². The number of aromatic nitrogens is 2. The van der Waals surface area contributed by atoms with E-state index in [1.165, 1.54) is 16.7 Å². The molecular weight excluding hydrogens is 423 g/mol. The van der Waals surface area contributed by atoms with Crippen molar-refractivity contribution in [3.05, 3.63) is 47.7 Å². The van der Waals surface area contributed by atoms with E-state index >= 15 is 0 Å². The molecule has 2 N–H and O–H groups in total. The van der Waals surface area contributed by atoms with E-state index in [9.17, 15) is 18.0 Å². The highest BCUT2D eigenvalue weighted by Gasteiger charge is 2.40. The Kier molecular flexibility index (Phi) is 5.76. The van der Waals surface area contributed by atoms with Gasteiger partial charge in [-0.3, -0.25) is 14.1 Å². The maximum Gasteiger partial charge on any atom is 0.417 e. The third-order valence-corrected chi connectivity index (χ3v) is 5.78. The van der Waals surface area contributed by atoms with Gasteiger partial charge in [-0.15, -0.1) is 0 Å². The molecule has 2 aromatic rings. The van der Waals surface area contributed by atoms with Gasteiger partial charge in [0.1, 0.15) is 23.2 Å². The number of nitrogens with zero attached hydrogens (tertiary/aromatic N) is 6. The smallest absolute Gasteiger partial charge is 0.368 e. The van der Waals surface area contributed by atoms with Crippen LogP contribution in [-0.4, -0.2) is 69.4 Å². The lowest BCUT2D eigenvalue weighted by Crippen LogP contribution is -2.58. The standard InChI is InChI=1S/C21H24F3N7O/c1-3-17(29-8-9-30(14-5-6-14)16(12-29)19(25)32)28-20(26-2)15-10-27-18-7-4-13(11-31(15)18)21(22,23)24/h3-4,7,10-11,14,16H,2,5-6,8-9,12H2,1H3,(H2,25,32)/b17-3+,28-20-. The molecule has 1 amide bonds. The van der Waals surface area contributed by atoms with Crippen LogP contribution in [0.3, 0.4) is 0 Å². The normalized spacial score (nSPS) is 21.2. The van der Waals surface area contributed by atoms with Gasteiger partial charge in [0, 0.05) is 31.9 Å². The number of nitrogens with two attached hydrogens (primary N) is 1. The van der Waals surface area contributed by atoms with E-state index in [-0.39, 0.29) is 17.4 Å². The largest absolute Gasteiger partial charge is 0.417 e. The number of amides is 1. The molecule has 32 heavy (non-hydrogen) atoms. The summed E-state index contributed by atoms with van der Waals surface area (Å²) in [4.78, 5) is 28.8. The molecule has 0 spiro atoms. The fraction of sp³-hybridized carbons (Fsp3) is 0.429. The number of amidine groups is 1. The minimum Gasteiger partial charge on any atom is -0.368 e. The molecule has 1 unspecified atom stereocenters. The molecule has 2 fully saturated rings. The third kappa shape index (κ3) is 4.24. The molecule has 1 saturated heterocycles. The van der Waals surface area contributed by atoms with Gasteiger partial charge >= 0.3 is 6.18 Å². The van der Waals surface area contributed by atoms with E-state index < -0.39 is 17.8 Å². The van der Waals surface area contributed by atoms with Crippen molar-refractivity contribution in [3.63, 3.8) is 0 Å². The number of hydrogen-bond donors (Lipinski definition) is 1. The first-order valence-electron chi connectivity index (χ1n) is 10.3. The number of carbonyl (C=O) groups is 1. The Labute approximate surface area is 182 Å². The Morgan fingerprint density at radius 1 is 1.31 bits per heavy atom. The van der Waals surface area contributed by atoms with Crippen molar-refractivity contribution in [3.8, 4) is 0 Å². The van der Waals surface area contributed by atoms with Crippen molar-refractivity contribution in [2.45, 2.75) is 38.0 Å². The van der Waals surface area contributed by atoms with Crippen LogP contribution < -0.4 is 5.73 Å². The van der Waals surface area contributed by atoms with E-state index in [4.69, 9.17) is 5.73 Å². The first-order chi connectivity index (χ1) is 15.2. The zero-order chi connectivity index (χ0) is 23.0. The maximum atomic E-state index is 13.2. The average Bonchev–Trinajstić information content (AvgIpc) is 3.53. The minimum atomic E-state index is -4.49. The Balaban J connectivity index is 1.65. The number of hydrogen-bond acceptors (Lipinski definition) is 5. The Morgan fingerprint density at radius 2 is 2.06 bits per heavy atom. The van der Waals surface area contributed by atoms with Crippen LogP contribution in [0, 0.1) is 0 Å². The van der Waals surface area contributed by atoms with Crippen LogP contribution in [0.25, 0.3) is 5.65 Å². The number of fused-ring (bicyclic) bond motifs is 1. The number of allylic oxidation sites excluding steroid dienone is 1. The summed E-state index contributed by atoms with van der Waals surface area (Å²) in [6, 6.07) is 2.24. The molecule has 3 heterocycles. The van der Waals surface area contributed by atoms with Crippen molar-refractivity contribution in [2.24, 2.45) is 15.7 Å². The van der Waals surface area contributed by atoms with E-state index in [0.29, 0.717) is 37.1 Å². The fourth-order valence-corrected chi connectivity index (χ4v) is 4.02. The van der Waals surface area contributed by atoms with Gasteiger partial charge in [0.15, 0.2) is 5.84 Å². The topological polar surface area (TPSA) is 91.6 Å². The maximum absolute atomic E-state index is 13.2. The van der Waals surface area contributed by atoms with Gasteiger partial charge < -0.3 is 10.6 Å². The molecule has 11 heteroatoms. The van der Waals surface area contributed by atoms with Crippen LogP contribution in [0.5, 0.6) is 0 Å². The predicted molar refractivity (Wildman–Crippen MR) is 114 cm³/mol. The molecule has 1 aliphatic heterocycles. The monoisotopic (exact) mass is 447 g/mol. The number of carbonyl (C=O) groups excluding carboxylic acids is 1. The minimum absolute atomic E-state index is 0.130. The fourth-order valence-electron chi connectivity index (χ4n) is 4.02. The molecule has 170 valence electrons. The summed E-state index contributed by atoms with van der Waals surface area (Å²) < 4.78 is 40.8. The Bertz CT molecular complexity index is 1100. The molecule has 0 radical (unpaired) electrons. The van der Waals surface area contributed by atoms with E-state index in [1.54, 1.807) is 13.0 Å². The quantitative estimate of drug-likeness (QED) is 0.563. The molecule has 2 aromatic heterocycles. The van der Waals surface area contributed by atoms with Crippen LogP contribution in [0.15, 0.2) is 46.4 Å². The first kappa shape index (κ1) is 22.0. The molecular formula is C21H24F3N7O. The van der Waals surface area contributed by atoms with Crippen molar-refractivity contribution >= 4 is 24.1 Å². The first-order valence-corrected chi connectivity index (χ1v) is 10.3. The van der Waals surface area contributed by atoms with Crippen molar-refractivity contribution in [1.82, 2.24) is 19.2 Å². The molecule has 1 aliphatic carbocycles. The summed E-state index contributed by atoms with van der Waals surface area (Å²) in [5.74, 6) is 0.283. The van der Waals surface area contributed by atoms with Crippen molar-refractivity contribution < 1.29 is 18.0 Å². The summed E-state index contributed by atoms with van der Waals surface area (Å²) in [6.45, 7) is 7.03. The van der Waals surface area contributed by atoms with Gasteiger partial charge in [0.2, 0.25) is 5.91 Å². The molecule has 0 aromatic carbocycles. The second kappa shape index (κ2) is 8.38. The van der Waals surface area contributed by atoms with Gasteiger partial charge in [-0.2, -0.15) is 13.2 Å².